The van der Waals surface area contributed by atoms with Gasteiger partial charge in [0, 0.05) is 14.9 Å². The third-order valence-electron chi connectivity index (χ3n) is 4.05. The van der Waals surface area contributed by atoms with Crippen molar-refractivity contribution in [1.29, 1.82) is 0 Å². The summed E-state index contributed by atoms with van der Waals surface area (Å²) in [7, 11) is 1.54. The van der Waals surface area contributed by atoms with Gasteiger partial charge in [0.05, 0.1) is 28.4 Å². The standard InChI is InChI=1S/C22H16Br2ClN3O3S/c1-31-20-13(9-14(23)10-17(20)24)12-26-28-22(30)19(11-15-5-4-8-32-15)27-21(29)16-6-2-3-7-18(16)25/h2-12H,1H3,(H,27,29)(H,28,30)/b19-11+,26-12-. The maximum Gasteiger partial charge on any atom is 0.287 e. The van der Waals surface area contributed by atoms with E-state index in [4.69, 9.17) is 16.3 Å². The monoisotopic (exact) mass is 595 g/mol. The van der Waals surface area contributed by atoms with Crippen LogP contribution >= 0.6 is 54.8 Å². The summed E-state index contributed by atoms with van der Waals surface area (Å²) < 4.78 is 6.91. The third kappa shape index (κ3) is 6.29. The molecule has 0 saturated heterocycles. The smallest absolute Gasteiger partial charge is 0.287 e. The van der Waals surface area contributed by atoms with Crippen LogP contribution in [0, 0.1) is 0 Å². The van der Waals surface area contributed by atoms with Gasteiger partial charge >= 0.3 is 0 Å². The van der Waals surface area contributed by atoms with Crippen molar-refractivity contribution < 1.29 is 14.3 Å². The Labute approximate surface area is 210 Å². The molecular weight excluding hydrogens is 582 g/mol. The van der Waals surface area contributed by atoms with Crippen LogP contribution in [0.3, 0.4) is 0 Å². The fraction of sp³-hybridized carbons (Fsp3) is 0.0455. The Morgan fingerprint density at radius 2 is 1.94 bits per heavy atom. The molecule has 0 radical (unpaired) electrons. The third-order valence-corrected chi connectivity index (χ3v) is 6.25. The fourth-order valence-electron chi connectivity index (χ4n) is 2.62. The molecule has 0 atom stereocenters. The van der Waals surface area contributed by atoms with Crippen LogP contribution in [0.25, 0.3) is 6.08 Å². The lowest BCUT2D eigenvalue weighted by Gasteiger charge is -2.10. The van der Waals surface area contributed by atoms with Crippen LogP contribution in [0.2, 0.25) is 5.02 Å². The molecular formula is C22H16Br2ClN3O3S. The first-order valence-corrected chi connectivity index (χ1v) is 11.9. The normalized spacial score (nSPS) is 11.4. The molecule has 10 heteroatoms. The van der Waals surface area contributed by atoms with Gasteiger partial charge in [0.25, 0.3) is 11.8 Å². The summed E-state index contributed by atoms with van der Waals surface area (Å²) in [6.07, 6.45) is 3.02. The number of hydrogen-bond donors (Lipinski definition) is 2. The highest BCUT2D eigenvalue weighted by Crippen LogP contribution is 2.31. The van der Waals surface area contributed by atoms with E-state index in [0.717, 1.165) is 13.8 Å². The van der Waals surface area contributed by atoms with Gasteiger partial charge in [0.1, 0.15) is 11.4 Å². The van der Waals surface area contributed by atoms with Crippen molar-refractivity contribution >= 4 is 78.9 Å². The maximum atomic E-state index is 12.8. The summed E-state index contributed by atoms with van der Waals surface area (Å²) in [6.45, 7) is 0. The van der Waals surface area contributed by atoms with Crippen LogP contribution in [0.5, 0.6) is 5.75 Å². The summed E-state index contributed by atoms with van der Waals surface area (Å²) in [4.78, 5) is 26.3. The second kappa shape index (κ2) is 11.4. The maximum absolute atomic E-state index is 12.8. The second-order valence-corrected chi connectivity index (χ2v) is 9.37. The highest BCUT2D eigenvalue weighted by atomic mass is 79.9. The summed E-state index contributed by atoms with van der Waals surface area (Å²) in [6, 6.07) is 13.9. The molecule has 0 bridgehead atoms. The molecule has 6 nitrogen and oxygen atoms in total. The number of nitrogens with one attached hydrogen (secondary N) is 2. The molecule has 0 unspecified atom stereocenters. The molecule has 0 fully saturated rings. The molecule has 0 saturated carbocycles. The minimum absolute atomic E-state index is 0.0249. The van der Waals surface area contributed by atoms with Crippen LogP contribution in [0.15, 0.2) is 73.7 Å². The number of hydrazone groups is 1. The lowest BCUT2D eigenvalue weighted by atomic mass is 10.2. The number of benzene rings is 2. The van der Waals surface area contributed by atoms with Crippen LogP contribution in [0.1, 0.15) is 20.8 Å². The Balaban J connectivity index is 1.82. The van der Waals surface area contributed by atoms with Crippen LogP contribution < -0.4 is 15.5 Å². The first-order valence-electron chi connectivity index (χ1n) is 9.06. The molecule has 164 valence electrons. The molecule has 3 rings (SSSR count). The number of rotatable bonds is 7. The summed E-state index contributed by atoms with van der Waals surface area (Å²) in [5.41, 5.74) is 3.36. The van der Waals surface area contributed by atoms with Gasteiger partial charge in [-0.25, -0.2) is 5.43 Å². The van der Waals surface area contributed by atoms with E-state index in [-0.39, 0.29) is 16.3 Å². The zero-order valence-electron chi connectivity index (χ0n) is 16.6. The average Bonchev–Trinajstić information content (AvgIpc) is 3.26. The second-order valence-electron chi connectivity index (χ2n) is 6.22. The minimum atomic E-state index is -0.594. The van der Waals surface area contributed by atoms with E-state index in [2.05, 4.69) is 47.7 Å². The van der Waals surface area contributed by atoms with E-state index < -0.39 is 11.8 Å². The lowest BCUT2D eigenvalue weighted by Crippen LogP contribution is -2.33. The SMILES string of the molecule is COc1c(Br)cc(Br)cc1/C=N\NC(=O)/C(=C\c1cccs1)NC(=O)c1ccccc1Cl. The van der Waals surface area contributed by atoms with Crippen molar-refractivity contribution in [3.8, 4) is 5.75 Å². The van der Waals surface area contributed by atoms with E-state index in [1.54, 1.807) is 36.4 Å². The van der Waals surface area contributed by atoms with Gasteiger partial charge in [-0.1, -0.05) is 45.7 Å². The Kier molecular flexibility index (Phi) is 8.63. The zero-order valence-corrected chi connectivity index (χ0v) is 21.3. The van der Waals surface area contributed by atoms with Gasteiger partial charge < -0.3 is 10.1 Å². The van der Waals surface area contributed by atoms with Crippen molar-refractivity contribution in [2.45, 2.75) is 0 Å². The van der Waals surface area contributed by atoms with E-state index in [0.29, 0.717) is 11.3 Å². The molecule has 1 aromatic heterocycles. The molecule has 1 heterocycles. The topological polar surface area (TPSA) is 79.8 Å². The van der Waals surface area contributed by atoms with Crippen LogP contribution in [-0.2, 0) is 4.79 Å². The van der Waals surface area contributed by atoms with Gasteiger partial charge in [-0.2, -0.15) is 5.10 Å². The summed E-state index contributed by atoms with van der Waals surface area (Å²) in [5, 5.41) is 8.79. The van der Waals surface area contributed by atoms with Crippen molar-refractivity contribution in [2.75, 3.05) is 7.11 Å². The number of amides is 2. The van der Waals surface area contributed by atoms with E-state index in [9.17, 15) is 9.59 Å². The lowest BCUT2D eigenvalue weighted by molar-refractivity contribution is -0.117. The Hall–Kier alpha value is -2.46. The van der Waals surface area contributed by atoms with Gasteiger partial charge in [-0.15, -0.1) is 11.3 Å². The average molecular weight is 598 g/mol. The molecule has 2 aromatic carbocycles. The van der Waals surface area contributed by atoms with Crippen molar-refractivity contribution in [2.24, 2.45) is 5.10 Å². The molecule has 3 aromatic rings. The Bertz CT molecular complexity index is 1200. The summed E-state index contributed by atoms with van der Waals surface area (Å²) in [5.74, 6) is -0.536. The molecule has 0 aliphatic rings. The van der Waals surface area contributed by atoms with Crippen molar-refractivity contribution in [1.82, 2.24) is 10.7 Å². The number of carbonyl (C=O) groups excluding carboxylic acids is 2. The first kappa shape index (κ1) is 24.2. The predicted octanol–water partition coefficient (Wildman–Crippen LogP) is 5.86. The van der Waals surface area contributed by atoms with E-state index in [1.165, 1.54) is 24.7 Å². The van der Waals surface area contributed by atoms with Gasteiger partial charge in [-0.05, 0) is 57.7 Å². The minimum Gasteiger partial charge on any atom is -0.495 e. The number of thiophene rings is 1. The number of carbonyl (C=O) groups is 2. The Morgan fingerprint density at radius 3 is 2.62 bits per heavy atom. The van der Waals surface area contributed by atoms with Gasteiger partial charge in [-0.3, -0.25) is 9.59 Å². The molecule has 2 amide bonds. The first-order chi connectivity index (χ1) is 15.4. The molecule has 0 aliphatic heterocycles. The molecule has 2 N–H and O–H groups in total. The van der Waals surface area contributed by atoms with Gasteiger partial charge in [0.2, 0.25) is 0 Å². The van der Waals surface area contributed by atoms with E-state index >= 15 is 0 Å². The molecule has 32 heavy (non-hydrogen) atoms. The molecule has 0 spiro atoms. The van der Waals surface area contributed by atoms with Crippen LogP contribution in [-0.4, -0.2) is 25.1 Å². The number of halogens is 3. The highest BCUT2D eigenvalue weighted by molar-refractivity contribution is 9.11. The van der Waals surface area contributed by atoms with E-state index in [1.807, 2.05) is 23.6 Å². The van der Waals surface area contributed by atoms with Crippen molar-refractivity contribution in [3.63, 3.8) is 0 Å². The number of nitrogens with zero attached hydrogens (tertiary/aromatic N) is 1. The molecule has 0 aliphatic carbocycles. The number of hydrogen-bond acceptors (Lipinski definition) is 5. The van der Waals surface area contributed by atoms with Crippen LogP contribution in [0.4, 0.5) is 0 Å². The van der Waals surface area contributed by atoms with Crippen molar-refractivity contribution in [3.05, 3.63) is 89.6 Å². The fourth-order valence-corrected chi connectivity index (χ4v) is 4.92. The van der Waals surface area contributed by atoms with Gasteiger partial charge in [0.15, 0.2) is 0 Å². The number of ether oxygens (including phenoxy) is 1. The zero-order chi connectivity index (χ0) is 23.1. The Morgan fingerprint density at radius 1 is 1.16 bits per heavy atom. The quantitative estimate of drug-likeness (QED) is 0.204. The predicted molar refractivity (Wildman–Crippen MR) is 135 cm³/mol. The number of methoxy groups -OCH3 is 1. The largest absolute Gasteiger partial charge is 0.495 e. The highest BCUT2D eigenvalue weighted by Gasteiger charge is 2.16. The summed E-state index contributed by atoms with van der Waals surface area (Å²) >= 11 is 14.4.